The zero-order chi connectivity index (χ0) is 8.43. The van der Waals surface area contributed by atoms with Crippen LogP contribution in [0.25, 0.3) is 0 Å². The van der Waals surface area contributed by atoms with E-state index in [0.29, 0.717) is 9.50 Å². The number of non-ortho nitro benzene ring substituents is 1. The lowest BCUT2D eigenvalue weighted by Gasteiger charge is -1.92. The molecule has 0 saturated heterocycles. The number of nitrogens with zero attached hydrogens (tertiary/aromatic N) is 1. The smallest absolute Gasteiger partial charge is 0.258 e. The van der Waals surface area contributed by atoms with Gasteiger partial charge >= 0.3 is 0 Å². The molecule has 0 spiro atoms. The van der Waals surface area contributed by atoms with E-state index in [-0.39, 0.29) is 5.69 Å². The van der Waals surface area contributed by atoms with Gasteiger partial charge < -0.3 is 0 Å². The van der Waals surface area contributed by atoms with Gasteiger partial charge in [0.05, 0.1) is 11.0 Å². The molecule has 0 N–H and O–H groups in total. The normalized spacial score (nSPS) is 9.64. The molecule has 0 aliphatic rings. The number of hydrogen-bond acceptors (Lipinski definition) is 2. The van der Waals surface area contributed by atoms with Gasteiger partial charge in [-0.2, -0.15) is 0 Å². The van der Waals surface area contributed by atoms with Crippen molar-refractivity contribution in [3.63, 3.8) is 0 Å². The number of hydrogen-bond donors (Lipinski definition) is 0. The van der Waals surface area contributed by atoms with Gasteiger partial charge in [0.1, 0.15) is 0 Å². The van der Waals surface area contributed by atoms with Crippen molar-refractivity contribution in [2.24, 2.45) is 0 Å². The predicted octanol–water partition coefficient (Wildman–Crippen LogP) is 2.81. The van der Waals surface area contributed by atoms with Crippen molar-refractivity contribution in [2.45, 2.75) is 0 Å². The summed E-state index contributed by atoms with van der Waals surface area (Å²) in [4.78, 5) is 9.66. The molecule has 1 rings (SSSR count). The lowest BCUT2D eigenvalue weighted by atomic mass is 10.3. The Balaban J connectivity index is 3.19. The van der Waals surface area contributed by atoms with Crippen molar-refractivity contribution in [1.29, 1.82) is 0 Å². The third-order valence-electron chi connectivity index (χ3n) is 0.983. The molecule has 1 aromatic carbocycles. The van der Waals surface area contributed by atoms with E-state index in [2.05, 4.69) is 22.0 Å². The van der Waals surface area contributed by atoms with Gasteiger partial charge in [-0.05, 0) is 22.0 Å². The molecule has 0 aliphatic heterocycles. The SMILES string of the molecule is O=[N+]([O-])c1[c]c(Br)cc(Cl)c1. The third kappa shape index (κ3) is 2.17. The molecule has 0 heterocycles. The molecule has 5 heteroatoms. The van der Waals surface area contributed by atoms with E-state index in [1.807, 2.05) is 0 Å². The number of nitro benzene ring substituents is 1. The molecule has 11 heavy (non-hydrogen) atoms. The minimum Gasteiger partial charge on any atom is -0.258 e. The average Bonchev–Trinajstić information content (AvgIpc) is 1.85. The number of halogens is 2. The molecule has 1 aromatic rings. The Morgan fingerprint density at radius 3 is 2.73 bits per heavy atom. The van der Waals surface area contributed by atoms with Crippen LogP contribution in [0, 0.1) is 16.2 Å². The first-order valence-corrected chi connectivity index (χ1v) is 3.79. The monoisotopic (exact) mass is 234 g/mol. The molecule has 0 atom stereocenters. The zero-order valence-electron chi connectivity index (χ0n) is 5.17. The van der Waals surface area contributed by atoms with Crippen molar-refractivity contribution in [1.82, 2.24) is 0 Å². The Morgan fingerprint density at radius 1 is 1.64 bits per heavy atom. The molecule has 0 aromatic heterocycles. The Morgan fingerprint density at radius 2 is 2.27 bits per heavy atom. The lowest BCUT2D eigenvalue weighted by molar-refractivity contribution is -0.385. The second-order valence-corrected chi connectivity index (χ2v) is 3.08. The first kappa shape index (κ1) is 8.49. The van der Waals surface area contributed by atoms with Gasteiger partial charge in [0.15, 0.2) is 0 Å². The van der Waals surface area contributed by atoms with Gasteiger partial charge in [0.2, 0.25) is 0 Å². The Kier molecular flexibility index (Phi) is 2.46. The molecule has 3 nitrogen and oxygen atoms in total. The van der Waals surface area contributed by atoms with Gasteiger partial charge in [-0.1, -0.05) is 11.6 Å². The van der Waals surface area contributed by atoms with Gasteiger partial charge in [0.25, 0.3) is 5.69 Å². The van der Waals surface area contributed by atoms with E-state index in [1.54, 1.807) is 0 Å². The summed E-state index contributed by atoms with van der Waals surface area (Å²) in [5.41, 5.74) is -0.135. The highest BCUT2D eigenvalue weighted by Crippen LogP contribution is 2.23. The van der Waals surface area contributed by atoms with Crippen LogP contribution in [0.5, 0.6) is 0 Å². The van der Waals surface area contributed by atoms with Crippen LogP contribution in [-0.4, -0.2) is 4.92 Å². The van der Waals surface area contributed by atoms with Crippen LogP contribution in [0.4, 0.5) is 5.69 Å². The molecule has 0 saturated carbocycles. The molecule has 1 radical (unpaired) electrons. The Labute approximate surface area is 76.3 Å². The molecular formula is C6H2BrClNO2. The van der Waals surface area contributed by atoms with Crippen LogP contribution in [0.15, 0.2) is 16.6 Å². The number of rotatable bonds is 1. The predicted molar refractivity (Wildman–Crippen MR) is 44.6 cm³/mol. The quantitative estimate of drug-likeness (QED) is 0.555. The summed E-state index contributed by atoms with van der Waals surface area (Å²) in [6, 6.07) is 5.26. The molecular weight excluding hydrogens is 233 g/mol. The molecule has 57 valence electrons. The van der Waals surface area contributed by atoms with E-state index in [0.717, 1.165) is 0 Å². The Hall–Kier alpha value is -0.610. The van der Waals surface area contributed by atoms with E-state index < -0.39 is 4.92 Å². The first-order valence-electron chi connectivity index (χ1n) is 2.62. The average molecular weight is 235 g/mol. The summed E-state index contributed by atoms with van der Waals surface area (Å²) in [6.07, 6.45) is 0. The summed E-state index contributed by atoms with van der Waals surface area (Å²) in [5.74, 6) is 0. The van der Waals surface area contributed by atoms with E-state index in [1.165, 1.54) is 12.1 Å². The van der Waals surface area contributed by atoms with Crippen molar-refractivity contribution in [3.8, 4) is 0 Å². The minimum absolute atomic E-state index is 0.135. The van der Waals surface area contributed by atoms with E-state index in [9.17, 15) is 10.1 Å². The topological polar surface area (TPSA) is 43.1 Å². The first-order chi connectivity index (χ1) is 5.09. The summed E-state index contributed by atoms with van der Waals surface area (Å²) < 4.78 is 0.483. The van der Waals surface area contributed by atoms with Crippen LogP contribution in [0.3, 0.4) is 0 Å². The van der Waals surface area contributed by atoms with Crippen LogP contribution in [-0.2, 0) is 0 Å². The zero-order valence-corrected chi connectivity index (χ0v) is 7.52. The largest absolute Gasteiger partial charge is 0.280 e. The second kappa shape index (κ2) is 3.19. The Bertz CT molecular complexity index is 282. The summed E-state index contributed by atoms with van der Waals surface area (Å²) in [5, 5.41) is 10.5. The maximum atomic E-state index is 10.2. The van der Waals surface area contributed by atoms with Crippen molar-refractivity contribution >= 4 is 33.2 Å². The molecule has 0 fully saturated rings. The van der Waals surface area contributed by atoms with Crippen LogP contribution >= 0.6 is 27.5 Å². The number of benzene rings is 1. The second-order valence-electron chi connectivity index (χ2n) is 1.79. The summed E-state index contributed by atoms with van der Waals surface area (Å²) >= 11 is 8.58. The van der Waals surface area contributed by atoms with E-state index in [4.69, 9.17) is 11.6 Å². The van der Waals surface area contributed by atoms with Crippen molar-refractivity contribution < 1.29 is 4.92 Å². The van der Waals surface area contributed by atoms with Crippen LogP contribution in [0.1, 0.15) is 0 Å². The molecule has 0 amide bonds. The van der Waals surface area contributed by atoms with Crippen LogP contribution in [0.2, 0.25) is 5.02 Å². The van der Waals surface area contributed by atoms with Crippen LogP contribution < -0.4 is 0 Å². The highest BCUT2D eigenvalue weighted by atomic mass is 79.9. The van der Waals surface area contributed by atoms with Gasteiger partial charge in [-0.3, -0.25) is 10.1 Å². The molecule has 0 aliphatic carbocycles. The number of nitro groups is 1. The molecule has 0 unspecified atom stereocenters. The van der Waals surface area contributed by atoms with Gasteiger partial charge in [0, 0.05) is 15.6 Å². The van der Waals surface area contributed by atoms with Gasteiger partial charge in [-0.15, -0.1) is 0 Å². The highest BCUT2D eigenvalue weighted by Gasteiger charge is 2.07. The lowest BCUT2D eigenvalue weighted by Crippen LogP contribution is -1.87. The van der Waals surface area contributed by atoms with E-state index >= 15 is 0 Å². The van der Waals surface area contributed by atoms with Gasteiger partial charge in [-0.25, -0.2) is 0 Å². The minimum atomic E-state index is -0.545. The fourth-order valence-corrected chi connectivity index (χ4v) is 1.38. The highest BCUT2D eigenvalue weighted by molar-refractivity contribution is 9.10. The summed E-state index contributed by atoms with van der Waals surface area (Å²) in [6.45, 7) is 0. The fourth-order valence-electron chi connectivity index (χ4n) is 0.586. The molecule has 0 bridgehead atoms. The summed E-state index contributed by atoms with van der Waals surface area (Å²) in [7, 11) is 0. The fraction of sp³-hybridized carbons (Fsp3) is 0. The van der Waals surface area contributed by atoms with Crippen molar-refractivity contribution in [3.05, 3.63) is 37.8 Å². The third-order valence-corrected chi connectivity index (χ3v) is 1.63. The maximum absolute atomic E-state index is 10.2. The maximum Gasteiger partial charge on any atom is 0.280 e. The standard InChI is InChI=1S/C6H2BrClNO2/c7-4-1-5(8)3-6(2-4)9(10)11/h1,3H. The van der Waals surface area contributed by atoms with Crippen molar-refractivity contribution in [2.75, 3.05) is 0 Å².